The molecule has 0 aromatic rings. The lowest BCUT2D eigenvalue weighted by atomic mass is 9.92. The Hall–Kier alpha value is -0.780. The average Bonchev–Trinajstić information content (AvgIpc) is 2.79. The molecule has 0 aliphatic carbocycles. The second-order valence-electron chi connectivity index (χ2n) is 6.60. The molecule has 23 heavy (non-hydrogen) atoms. The van der Waals surface area contributed by atoms with Crippen molar-refractivity contribution in [2.75, 3.05) is 19.8 Å². The molecule has 0 saturated carbocycles. The largest absolute Gasteiger partial charge is 0.381 e. The first kappa shape index (κ1) is 17.1. The normalized spacial score (nSPS) is 30.9. The van der Waals surface area contributed by atoms with Crippen LogP contribution in [0.3, 0.4) is 0 Å². The van der Waals surface area contributed by atoms with Gasteiger partial charge in [-0.25, -0.2) is 4.79 Å². The third-order valence-corrected chi connectivity index (χ3v) is 5.09. The van der Waals surface area contributed by atoms with Gasteiger partial charge in [-0.3, -0.25) is 10.6 Å². The fourth-order valence-electron chi connectivity index (χ4n) is 3.53. The first-order valence-electron chi connectivity index (χ1n) is 7.92. The van der Waals surface area contributed by atoms with Crippen LogP contribution in [0.4, 0.5) is 4.79 Å². The number of carbonyl (C=O) groups excluding carboxylic acids is 1. The molecule has 2 fully saturated rings. The average molecular weight is 434 g/mol. The van der Waals surface area contributed by atoms with Gasteiger partial charge in [0.15, 0.2) is 0 Å². The van der Waals surface area contributed by atoms with Crippen LogP contribution in [0.5, 0.6) is 0 Å². The standard InChI is InChI=1S/C14H23IN6O2/c1-14(2)10-7-16-12(17-9-3-5-23-6-4-9)18-11(10)8-21(14)13(22)19-20-15/h7,9,11-12,16-18H,3-6,8H2,1-2H3. The quantitative estimate of drug-likeness (QED) is 0.453. The lowest BCUT2D eigenvalue weighted by molar-refractivity contribution is 0.0715. The highest BCUT2D eigenvalue weighted by Crippen LogP contribution is 2.35. The van der Waals surface area contributed by atoms with Crippen molar-refractivity contribution in [2.45, 2.75) is 50.6 Å². The first-order chi connectivity index (χ1) is 11.0. The molecule has 3 aliphatic heterocycles. The Morgan fingerprint density at radius 2 is 2.22 bits per heavy atom. The lowest BCUT2D eigenvalue weighted by Crippen LogP contribution is -2.61. The summed E-state index contributed by atoms with van der Waals surface area (Å²) in [6, 6.07) is 0.274. The number of nitrogens with zero attached hydrogens (tertiary/aromatic N) is 3. The zero-order valence-corrected chi connectivity index (χ0v) is 15.5. The van der Waals surface area contributed by atoms with Crippen LogP contribution in [-0.2, 0) is 4.74 Å². The number of urea groups is 1. The van der Waals surface area contributed by atoms with E-state index in [1.54, 1.807) is 27.8 Å². The van der Waals surface area contributed by atoms with Crippen molar-refractivity contribution in [1.82, 2.24) is 20.9 Å². The van der Waals surface area contributed by atoms with Gasteiger partial charge in [0.2, 0.25) is 0 Å². The molecule has 0 radical (unpaired) electrons. The fraction of sp³-hybridized carbons (Fsp3) is 0.786. The van der Waals surface area contributed by atoms with Gasteiger partial charge in [0.05, 0.1) is 11.6 Å². The minimum Gasteiger partial charge on any atom is -0.381 e. The van der Waals surface area contributed by atoms with Crippen LogP contribution in [0.25, 0.3) is 0 Å². The Morgan fingerprint density at radius 3 is 2.91 bits per heavy atom. The molecular weight excluding hydrogens is 411 g/mol. The third kappa shape index (κ3) is 3.52. The molecule has 128 valence electrons. The molecule has 0 aromatic carbocycles. The monoisotopic (exact) mass is 434 g/mol. The van der Waals surface area contributed by atoms with Crippen LogP contribution in [-0.4, -0.2) is 54.6 Å². The number of hydrogen-bond donors (Lipinski definition) is 3. The van der Waals surface area contributed by atoms with Gasteiger partial charge in [0, 0.05) is 32.0 Å². The number of rotatable bonds is 2. The number of halogens is 1. The molecule has 0 aromatic heterocycles. The molecule has 3 aliphatic rings. The van der Waals surface area contributed by atoms with E-state index in [2.05, 4.69) is 24.4 Å². The van der Waals surface area contributed by atoms with Crippen molar-refractivity contribution in [3.05, 3.63) is 11.8 Å². The van der Waals surface area contributed by atoms with Crippen LogP contribution in [0.1, 0.15) is 26.7 Å². The summed E-state index contributed by atoms with van der Waals surface area (Å²) in [6.07, 6.45) is 4.08. The van der Waals surface area contributed by atoms with E-state index < -0.39 is 0 Å². The third-order valence-electron chi connectivity index (χ3n) is 4.87. The molecule has 2 atom stereocenters. The van der Waals surface area contributed by atoms with Crippen molar-refractivity contribution >= 4 is 28.9 Å². The van der Waals surface area contributed by atoms with Gasteiger partial charge in [-0.2, -0.15) is 0 Å². The predicted molar refractivity (Wildman–Crippen MR) is 94.0 cm³/mol. The Kier molecular flexibility index (Phi) is 5.19. The van der Waals surface area contributed by atoms with Crippen molar-refractivity contribution < 1.29 is 9.53 Å². The Morgan fingerprint density at radius 1 is 1.48 bits per heavy atom. The van der Waals surface area contributed by atoms with Gasteiger partial charge in [-0.05, 0) is 32.3 Å². The SMILES string of the molecule is CC1(C)C2=CNC(NC3CCOCC3)NC2CN1C(=O)N=NI. The number of ether oxygens (including phenoxy) is 1. The number of nitrogens with one attached hydrogen (secondary N) is 3. The molecule has 3 rings (SSSR count). The molecule has 2 unspecified atom stereocenters. The van der Waals surface area contributed by atoms with Crippen LogP contribution >= 0.6 is 22.9 Å². The van der Waals surface area contributed by atoms with Crippen LogP contribution in [0, 0.1) is 0 Å². The maximum atomic E-state index is 12.2. The number of carbonyl (C=O) groups is 1. The van der Waals surface area contributed by atoms with Gasteiger partial charge < -0.3 is 15.0 Å². The molecule has 3 N–H and O–H groups in total. The van der Waals surface area contributed by atoms with Crippen molar-refractivity contribution in [3.63, 3.8) is 0 Å². The second kappa shape index (κ2) is 6.99. The summed E-state index contributed by atoms with van der Waals surface area (Å²) in [6.45, 7) is 6.29. The summed E-state index contributed by atoms with van der Waals surface area (Å²) >= 11 is 1.72. The van der Waals surface area contributed by atoms with Crippen LogP contribution in [0.15, 0.2) is 20.2 Å². The smallest absolute Gasteiger partial charge is 0.363 e. The molecule has 0 bridgehead atoms. The molecule has 3 heterocycles. The van der Waals surface area contributed by atoms with E-state index in [1.165, 1.54) is 5.57 Å². The zero-order chi connectivity index (χ0) is 16.4. The van der Waals surface area contributed by atoms with Gasteiger partial charge in [0.1, 0.15) is 29.2 Å². The molecule has 0 spiro atoms. The Labute approximate surface area is 150 Å². The van der Waals surface area contributed by atoms with Gasteiger partial charge in [-0.15, -0.1) is 3.33 Å². The summed E-state index contributed by atoms with van der Waals surface area (Å²) in [5, 5.41) is 14.2. The summed E-state index contributed by atoms with van der Waals surface area (Å²) < 4.78 is 8.97. The second-order valence-corrected chi connectivity index (χ2v) is 7.03. The topological polar surface area (TPSA) is 90.3 Å². The van der Waals surface area contributed by atoms with Gasteiger partial charge in [0.25, 0.3) is 0 Å². The minimum atomic E-state index is -0.379. The maximum Gasteiger partial charge on any atom is 0.363 e. The predicted octanol–water partition coefficient (Wildman–Crippen LogP) is 1.50. The van der Waals surface area contributed by atoms with Crippen LogP contribution in [0.2, 0.25) is 0 Å². The lowest BCUT2D eigenvalue weighted by Gasteiger charge is -2.36. The van der Waals surface area contributed by atoms with Gasteiger partial charge in [-0.1, -0.05) is 5.11 Å². The van der Waals surface area contributed by atoms with Crippen molar-refractivity contribution in [2.24, 2.45) is 8.44 Å². The van der Waals surface area contributed by atoms with Crippen LogP contribution < -0.4 is 16.0 Å². The highest BCUT2D eigenvalue weighted by atomic mass is 127. The van der Waals surface area contributed by atoms with Gasteiger partial charge >= 0.3 is 6.03 Å². The minimum absolute atomic E-state index is 0.00361. The van der Waals surface area contributed by atoms with E-state index in [0.29, 0.717) is 12.6 Å². The number of hydrogen-bond acceptors (Lipinski definition) is 6. The zero-order valence-electron chi connectivity index (χ0n) is 13.4. The summed E-state index contributed by atoms with van der Waals surface area (Å²) in [4.78, 5) is 13.9. The van der Waals surface area contributed by atoms with E-state index in [1.807, 2.05) is 20.0 Å². The van der Waals surface area contributed by atoms with E-state index in [9.17, 15) is 4.79 Å². The highest BCUT2D eigenvalue weighted by molar-refractivity contribution is 14.1. The first-order valence-corrected chi connectivity index (χ1v) is 8.89. The van der Waals surface area contributed by atoms with E-state index in [-0.39, 0.29) is 23.9 Å². The molecule has 2 amide bonds. The molecular formula is C14H23IN6O2. The number of fused-ring (bicyclic) bond motifs is 1. The molecule has 8 nitrogen and oxygen atoms in total. The summed E-state index contributed by atoms with van der Waals surface area (Å²) in [5.41, 5.74) is 0.787. The van der Waals surface area contributed by atoms with Crippen molar-refractivity contribution in [1.29, 1.82) is 0 Å². The number of amides is 2. The van der Waals surface area contributed by atoms with E-state index >= 15 is 0 Å². The Bertz CT molecular complexity index is 517. The maximum absolute atomic E-state index is 12.2. The molecule has 9 heteroatoms. The molecule has 2 saturated heterocycles. The fourth-order valence-corrected chi connectivity index (χ4v) is 3.72. The Balaban J connectivity index is 1.66. The van der Waals surface area contributed by atoms with E-state index in [0.717, 1.165) is 26.1 Å². The highest BCUT2D eigenvalue weighted by Gasteiger charge is 2.47. The van der Waals surface area contributed by atoms with Crippen molar-refractivity contribution in [3.8, 4) is 0 Å². The van der Waals surface area contributed by atoms with E-state index in [4.69, 9.17) is 4.74 Å². The number of likely N-dealkylation sites (tertiary alicyclic amines) is 1. The summed E-state index contributed by atoms with van der Waals surface area (Å²) in [7, 11) is 0. The summed E-state index contributed by atoms with van der Waals surface area (Å²) in [5.74, 6) is 0.